The lowest BCUT2D eigenvalue weighted by molar-refractivity contribution is 0.0951. The Labute approximate surface area is 202 Å². The Bertz CT molecular complexity index is 1670. The van der Waals surface area contributed by atoms with Crippen LogP contribution in [0.1, 0.15) is 16.1 Å². The van der Waals surface area contributed by atoms with Crippen molar-refractivity contribution < 1.29 is 13.9 Å². The lowest BCUT2D eigenvalue weighted by atomic mass is 10.1. The molecule has 0 saturated carbocycles. The first kappa shape index (κ1) is 21.7. The van der Waals surface area contributed by atoms with Gasteiger partial charge in [0.1, 0.15) is 10.4 Å². The number of carbonyl (C=O) groups excluding carboxylic acids is 1. The topological polar surface area (TPSA) is 93.8 Å². The first-order valence-corrected chi connectivity index (χ1v) is 12.0. The summed E-state index contributed by atoms with van der Waals surface area (Å²) in [4.78, 5) is 38.0. The van der Waals surface area contributed by atoms with E-state index in [2.05, 4.69) is 15.3 Å². The fraction of sp³-hybridized carbons (Fsp3) is 0.250. The molecular weight excluding hydrogens is 471 g/mol. The van der Waals surface area contributed by atoms with Crippen LogP contribution < -0.4 is 15.6 Å². The molecule has 1 aromatic carbocycles. The van der Waals surface area contributed by atoms with E-state index in [0.29, 0.717) is 42.5 Å². The van der Waals surface area contributed by atoms with E-state index in [1.165, 1.54) is 17.4 Å². The predicted molar refractivity (Wildman–Crippen MR) is 132 cm³/mol. The quantitative estimate of drug-likeness (QED) is 0.415. The van der Waals surface area contributed by atoms with Crippen molar-refractivity contribution >= 4 is 49.1 Å². The van der Waals surface area contributed by atoms with E-state index in [1.54, 1.807) is 21.5 Å². The average Bonchev–Trinajstić information content (AvgIpc) is 3.46. The summed E-state index contributed by atoms with van der Waals surface area (Å²) in [5.74, 6) is -0.961. The zero-order valence-corrected chi connectivity index (χ0v) is 19.6. The van der Waals surface area contributed by atoms with Crippen molar-refractivity contribution in [3.05, 3.63) is 70.2 Å². The van der Waals surface area contributed by atoms with E-state index < -0.39 is 17.2 Å². The van der Waals surface area contributed by atoms with Gasteiger partial charge < -0.3 is 19.5 Å². The van der Waals surface area contributed by atoms with Gasteiger partial charge in [-0.3, -0.25) is 14.0 Å². The normalized spacial score (nSPS) is 14.3. The number of amides is 1. The molecule has 35 heavy (non-hydrogen) atoms. The van der Waals surface area contributed by atoms with Gasteiger partial charge in [-0.15, -0.1) is 11.3 Å². The summed E-state index contributed by atoms with van der Waals surface area (Å²) in [6, 6.07) is 8.80. The van der Waals surface area contributed by atoms with Crippen molar-refractivity contribution in [3.63, 3.8) is 0 Å². The number of nitrogens with one attached hydrogen (secondary N) is 1. The fourth-order valence-electron chi connectivity index (χ4n) is 4.41. The number of hydrogen-bond acceptors (Lipinski definition) is 7. The van der Waals surface area contributed by atoms with Crippen LogP contribution >= 0.6 is 11.3 Å². The van der Waals surface area contributed by atoms with Crippen LogP contribution in [0.25, 0.3) is 26.1 Å². The Morgan fingerprint density at radius 3 is 2.83 bits per heavy atom. The Morgan fingerprint density at radius 1 is 1.26 bits per heavy atom. The van der Waals surface area contributed by atoms with Gasteiger partial charge in [0.2, 0.25) is 5.43 Å². The maximum Gasteiger partial charge on any atom is 0.258 e. The molecule has 1 amide bonds. The molecule has 9 nitrogen and oxygen atoms in total. The number of imidazole rings is 1. The summed E-state index contributed by atoms with van der Waals surface area (Å²) >= 11 is 1.33. The van der Waals surface area contributed by atoms with Crippen LogP contribution in [0.3, 0.4) is 0 Å². The highest BCUT2D eigenvalue weighted by Gasteiger charge is 2.25. The second-order valence-corrected chi connectivity index (χ2v) is 9.42. The number of benzene rings is 1. The first-order valence-electron chi connectivity index (χ1n) is 11.2. The van der Waals surface area contributed by atoms with Gasteiger partial charge in [0.15, 0.2) is 17.3 Å². The predicted octanol–water partition coefficient (Wildman–Crippen LogP) is 2.70. The molecule has 0 spiro atoms. The molecule has 1 saturated heterocycles. The standard InChI is InChI=1S/C24H21FN6O3S/c1-29-12-14(27-13-29)11-26-23(33)19-20(32)15-10-16(25)22(30-6-8-34-9-7-30)28-21(15)31-17-4-2-3-5-18(17)35-24(19)31/h2-5,10,12-13H,6-9,11H2,1H3,(H,26,33). The summed E-state index contributed by atoms with van der Waals surface area (Å²) in [5, 5.41) is 2.85. The van der Waals surface area contributed by atoms with E-state index in [0.717, 1.165) is 10.2 Å². The number of thiazole rings is 1. The highest BCUT2D eigenvalue weighted by Crippen LogP contribution is 2.32. The highest BCUT2D eigenvalue weighted by atomic mass is 32.1. The molecule has 0 unspecified atom stereocenters. The molecule has 11 heteroatoms. The van der Waals surface area contributed by atoms with Crippen LogP contribution in [-0.2, 0) is 18.3 Å². The van der Waals surface area contributed by atoms with Crippen molar-refractivity contribution in [2.24, 2.45) is 7.05 Å². The van der Waals surface area contributed by atoms with E-state index in [4.69, 9.17) is 4.74 Å². The third-order valence-corrected chi connectivity index (χ3v) is 7.22. The minimum absolute atomic E-state index is 0.0325. The second-order valence-electron chi connectivity index (χ2n) is 8.39. The van der Waals surface area contributed by atoms with Crippen molar-refractivity contribution in [2.75, 3.05) is 31.2 Å². The number of fused-ring (bicyclic) bond motifs is 5. The zero-order chi connectivity index (χ0) is 24.1. The molecule has 1 N–H and O–H groups in total. The van der Waals surface area contributed by atoms with Crippen molar-refractivity contribution in [3.8, 4) is 0 Å². The Kier molecular flexibility index (Phi) is 5.23. The van der Waals surface area contributed by atoms with Gasteiger partial charge in [-0.2, -0.15) is 0 Å². The second kappa shape index (κ2) is 8.43. The molecule has 5 aromatic rings. The van der Waals surface area contributed by atoms with Gasteiger partial charge in [0.05, 0.1) is 47.4 Å². The van der Waals surface area contributed by atoms with Gasteiger partial charge >= 0.3 is 0 Å². The number of halogens is 1. The third kappa shape index (κ3) is 3.63. The van der Waals surface area contributed by atoms with E-state index in [-0.39, 0.29) is 23.3 Å². The number of anilines is 1. The SMILES string of the molecule is Cn1cnc(CNC(=O)c2c(=O)c3cc(F)c(N4CCOCC4)nc3n3c2sc2ccccc23)c1. The van der Waals surface area contributed by atoms with Gasteiger partial charge in [0.25, 0.3) is 5.91 Å². The van der Waals surface area contributed by atoms with Gasteiger partial charge in [-0.05, 0) is 18.2 Å². The number of ether oxygens (including phenoxy) is 1. The molecule has 4 aromatic heterocycles. The number of pyridine rings is 2. The van der Waals surface area contributed by atoms with Crippen LogP contribution in [0.5, 0.6) is 0 Å². The van der Waals surface area contributed by atoms with Crippen molar-refractivity contribution in [2.45, 2.75) is 6.54 Å². The number of aromatic nitrogens is 4. The number of morpholine rings is 1. The molecule has 1 fully saturated rings. The van der Waals surface area contributed by atoms with Crippen LogP contribution in [0.2, 0.25) is 0 Å². The largest absolute Gasteiger partial charge is 0.378 e. The number of nitrogens with zero attached hydrogens (tertiary/aromatic N) is 5. The summed E-state index contributed by atoms with van der Waals surface area (Å²) in [6.07, 6.45) is 3.42. The lowest BCUT2D eigenvalue weighted by Gasteiger charge is -2.28. The van der Waals surface area contributed by atoms with Gasteiger partial charge in [-0.25, -0.2) is 14.4 Å². The number of rotatable bonds is 4. The first-order chi connectivity index (χ1) is 17.0. The molecule has 6 rings (SSSR count). The fourth-order valence-corrected chi connectivity index (χ4v) is 5.60. The maximum atomic E-state index is 15.2. The molecule has 0 radical (unpaired) electrons. The molecule has 0 bridgehead atoms. The molecule has 1 aliphatic heterocycles. The van der Waals surface area contributed by atoms with Gasteiger partial charge in [-0.1, -0.05) is 12.1 Å². The minimum Gasteiger partial charge on any atom is -0.378 e. The molecule has 178 valence electrons. The van der Waals surface area contributed by atoms with E-state index >= 15 is 4.39 Å². The monoisotopic (exact) mass is 492 g/mol. The third-order valence-electron chi connectivity index (χ3n) is 6.08. The van der Waals surface area contributed by atoms with Crippen molar-refractivity contribution in [1.82, 2.24) is 24.3 Å². The lowest BCUT2D eigenvalue weighted by Crippen LogP contribution is -2.37. The molecular formula is C24H21FN6O3S. The number of para-hydroxylation sites is 1. The number of carbonyl (C=O) groups is 1. The summed E-state index contributed by atoms with van der Waals surface area (Å²) < 4.78 is 25.1. The Hall–Kier alpha value is -3.83. The van der Waals surface area contributed by atoms with Crippen LogP contribution in [-0.4, -0.2) is 51.1 Å². The van der Waals surface area contributed by atoms with Crippen LogP contribution in [0, 0.1) is 5.82 Å². The zero-order valence-electron chi connectivity index (χ0n) is 18.8. The minimum atomic E-state index is -0.601. The average molecular weight is 493 g/mol. The van der Waals surface area contributed by atoms with E-state index in [1.807, 2.05) is 36.2 Å². The van der Waals surface area contributed by atoms with Crippen LogP contribution in [0.15, 0.2) is 47.7 Å². The van der Waals surface area contributed by atoms with E-state index in [9.17, 15) is 9.59 Å². The Balaban J connectivity index is 1.57. The van der Waals surface area contributed by atoms with Gasteiger partial charge in [0, 0.05) is 26.3 Å². The molecule has 5 heterocycles. The molecule has 1 aliphatic rings. The highest BCUT2D eigenvalue weighted by molar-refractivity contribution is 7.24. The smallest absolute Gasteiger partial charge is 0.258 e. The van der Waals surface area contributed by atoms with Crippen LogP contribution in [0.4, 0.5) is 10.2 Å². The maximum absolute atomic E-state index is 15.2. The Morgan fingerprint density at radius 2 is 2.06 bits per heavy atom. The summed E-state index contributed by atoms with van der Waals surface area (Å²) in [7, 11) is 1.83. The van der Waals surface area contributed by atoms with Crippen molar-refractivity contribution in [1.29, 1.82) is 0 Å². The summed E-state index contributed by atoms with van der Waals surface area (Å²) in [6.45, 7) is 2.13. The molecule has 0 atom stereocenters. The molecule has 0 aliphatic carbocycles. The summed E-state index contributed by atoms with van der Waals surface area (Å²) in [5.41, 5.74) is 1.20. The number of hydrogen-bond donors (Lipinski definition) is 1. The number of aryl methyl sites for hydroxylation is 1.